The smallest absolute Gasteiger partial charge is 0.271 e. The molecule has 0 spiro atoms. The second-order valence-electron chi connectivity index (χ2n) is 7.29. The average Bonchev–Trinajstić information content (AvgIpc) is 2.87. The van der Waals surface area contributed by atoms with Crippen molar-refractivity contribution in [1.29, 1.82) is 0 Å². The van der Waals surface area contributed by atoms with E-state index in [9.17, 15) is 15.2 Å². The molecule has 2 heterocycles. The number of β-amino-alcohol motifs (C(OH)–C–C–N with tert-alkyl or cyclic N) is 1. The lowest BCUT2D eigenvalue weighted by Gasteiger charge is -2.23. The van der Waals surface area contributed by atoms with Crippen LogP contribution in [0, 0.1) is 10.1 Å². The van der Waals surface area contributed by atoms with Crippen LogP contribution in [0.1, 0.15) is 31.2 Å². The SMILES string of the molecule is COc1ccc(N2C[C@@](O)(c3cccc([N+](=O)[O-])c3)[N+]3=C2CCCCC3)cc1. The lowest BCUT2D eigenvalue weighted by molar-refractivity contribution is -0.658. The normalized spacial score (nSPS) is 22.0. The Hall–Kier alpha value is -2.93. The highest BCUT2D eigenvalue weighted by Crippen LogP contribution is 2.36. The summed E-state index contributed by atoms with van der Waals surface area (Å²) < 4.78 is 7.29. The van der Waals surface area contributed by atoms with E-state index in [-0.39, 0.29) is 5.69 Å². The summed E-state index contributed by atoms with van der Waals surface area (Å²) in [6.07, 6.45) is 4.01. The van der Waals surface area contributed by atoms with Gasteiger partial charge in [-0.15, -0.1) is 0 Å². The monoisotopic (exact) mass is 382 g/mol. The molecule has 2 aliphatic heterocycles. The zero-order valence-corrected chi connectivity index (χ0v) is 15.9. The molecule has 1 atom stereocenters. The van der Waals surface area contributed by atoms with E-state index in [2.05, 4.69) is 4.90 Å². The van der Waals surface area contributed by atoms with Crippen LogP contribution in [-0.4, -0.2) is 40.6 Å². The highest BCUT2D eigenvalue weighted by molar-refractivity contribution is 5.96. The van der Waals surface area contributed by atoms with Gasteiger partial charge in [0.2, 0.25) is 0 Å². The number of rotatable bonds is 4. The van der Waals surface area contributed by atoms with Crippen LogP contribution in [0.25, 0.3) is 0 Å². The van der Waals surface area contributed by atoms with Crippen LogP contribution in [0.15, 0.2) is 48.5 Å². The Morgan fingerprint density at radius 2 is 1.96 bits per heavy atom. The maximum absolute atomic E-state index is 11.7. The van der Waals surface area contributed by atoms with Crippen LogP contribution < -0.4 is 9.64 Å². The van der Waals surface area contributed by atoms with Crippen molar-refractivity contribution in [2.24, 2.45) is 0 Å². The first-order chi connectivity index (χ1) is 13.5. The van der Waals surface area contributed by atoms with Crippen LogP contribution in [0.5, 0.6) is 5.75 Å². The van der Waals surface area contributed by atoms with Gasteiger partial charge in [0.25, 0.3) is 17.2 Å². The Balaban J connectivity index is 1.79. The van der Waals surface area contributed by atoms with Crippen molar-refractivity contribution in [2.45, 2.75) is 31.4 Å². The number of nitro groups is 1. The molecule has 7 heteroatoms. The minimum atomic E-state index is -1.30. The van der Waals surface area contributed by atoms with E-state index in [1.807, 2.05) is 28.8 Å². The van der Waals surface area contributed by atoms with Gasteiger partial charge in [0.15, 0.2) is 6.54 Å². The van der Waals surface area contributed by atoms with Gasteiger partial charge >= 0.3 is 0 Å². The number of anilines is 1. The van der Waals surface area contributed by atoms with Crippen LogP contribution in [0.2, 0.25) is 0 Å². The van der Waals surface area contributed by atoms with Crippen LogP contribution >= 0.6 is 0 Å². The highest BCUT2D eigenvalue weighted by Gasteiger charge is 2.52. The molecule has 0 amide bonds. The highest BCUT2D eigenvalue weighted by atomic mass is 16.6. The number of nitro benzene ring substituents is 1. The summed E-state index contributed by atoms with van der Waals surface area (Å²) in [5.74, 6) is 1.84. The van der Waals surface area contributed by atoms with Crippen molar-refractivity contribution in [2.75, 3.05) is 25.1 Å². The third kappa shape index (κ3) is 3.11. The average molecular weight is 382 g/mol. The zero-order chi connectivity index (χ0) is 19.7. The molecule has 0 radical (unpaired) electrons. The fraction of sp³-hybridized carbons (Fsp3) is 0.381. The molecule has 0 saturated heterocycles. The number of hydrogen-bond donors (Lipinski definition) is 1. The standard InChI is InChI=1S/C21H24N3O4/c1-28-19-11-9-17(10-12-19)22-15-21(25,23-13-4-2-3-8-20(22)23)16-6-5-7-18(14-16)24(26)27/h5-7,9-12,14,25H,2-4,8,13,15H2,1H3/q+1/t21-/m1/s1. The van der Waals surface area contributed by atoms with E-state index in [1.165, 1.54) is 12.1 Å². The first kappa shape index (κ1) is 18.4. The van der Waals surface area contributed by atoms with Crippen LogP contribution in [0.3, 0.4) is 0 Å². The number of aliphatic hydroxyl groups is 1. The molecular weight excluding hydrogens is 358 g/mol. The molecule has 2 aromatic rings. The molecule has 4 rings (SSSR count). The minimum absolute atomic E-state index is 0.00908. The van der Waals surface area contributed by atoms with Gasteiger partial charge in [-0.2, -0.15) is 0 Å². The summed E-state index contributed by atoms with van der Waals surface area (Å²) in [6, 6.07) is 14.1. The van der Waals surface area contributed by atoms with Crippen molar-refractivity contribution in [3.63, 3.8) is 0 Å². The van der Waals surface area contributed by atoms with Crippen molar-refractivity contribution in [3.05, 3.63) is 64.2 Å². The number of methoxy groups -OCH3 is 1. The summed E-state index contributed by atoms with van der Waals surface area (Å²) in [5.41, 5.74) is 0.220. The molecule has 2 aliphatic rings. The zero-order valence-electron chi connectivity index (χ0n) is 15.9. The van der Waals surface area contributed by atoms with Crippen LogP contribution in [-0.2, 0) is 5.72 Å². The molecule has 1 N–H and O–H groups in total. The number of hydrogen-bond acceptors (Lipinski definition) is 5. The van der Waals surface area contributed by atoms with E-state index in [0.717, 1.165) is 49.5 Å². The van der Waals surface area contributed by atoms with Gasteiger partial charge in [-0.3, -0.25) is 10.1 Å². The Morgan fingerprint density at radius 3 is 2.68 bits per heavy atom. The summed E-state index contributed by atoms with van der Waals surface area (Å²) in [6.45, 7) is 1.05. The third-order valence-electron chi connectivity index (χ3n) is 5.63. The van der Waals surface area contributed by atoms with Crippen molar-refractivity contribution < 1.29 is 19.3 Å². The number of amidine groups is 1. The first-order valence-corrected chi connectivity index (χ1v) is 9.55. The molecule has 0 aromatic heterocycles. The molecule has 0 bridgehead atoms. The maximum Gasteiger partial charge on any atom is 0.271 e. The third-order valence-corrected chi connectivity index (χ3v) is 5.63. The van der Waals surface area contributed by atoms with Crippen molar-refractivity contribution >= 4 is 17.2 Å². The van der Waals surface area contributed by atoms with E-state index in [1.54, 1.807) is 19.2 Å². The number of benzene rings is 2. The van der Waals surface area contributed by atoms with Gasteiger partial charge in [0.1, 0.15) is 11.4 Å². The molecule has 146 valence electrons. The lowest BCUT2D eigenvalue weighted by Crippen LogP contribution is -2.41. The Kier molecular flexibility index (Phi) is 4.77. The molecule has 0 aliphatic carbocycles. The molecular formula is C21H24N3O4+. The quantitative estimate of drug-likeness (QED) is 0.499. The Bertz CT molecular complexity index is 926. The summed E-state index contributed by atoms with van der Waals surface area (Å²) in [7, 11) is 1.63. The number of non-ortho nitro benzene ring substituents is 1. The summed E-state index contributed by atoms with van der Waals surface area (Å²) in [5, 5.41) is 23.0. The van der Waals surface area contributed by atoms with Gasteiger partial charge < -0.3 is 9.84 Å². The predicted octanol–water partition coefficient (Wildman–Crippen LogP) is 3.25. The molecule has 0 unspecified atom stereocenters. The van der Waals surface area contributed by atoms with E-state index in [0.29, 0.717) is 12.1 Å². The van der Waals surface area contributed by atoms with Gasteiger partial charge in [-0.1, -0.05) is 12.1 Å². The van der Waals surface area contributed by atoms with Gasteiger partial charge in [0, 0.05) is 24.1 Å². The molecule has 0 saturated carbocycles. The summed E-state index contributed by atoms with van der Waals surface area (Å²) >= 11 is 0. The largest absolute Gasteiger partial charge is 0.497 e. The van der Waals surface area contributed by atoms with Crippen LogP contribution in [0.4, 0.5) is 11.4 Å². The Labute approximate surface area is 163 Å². The molecule has 2 aromatic carbocycles. The van der Waals surface area contributed by atoms with Crippen molar-refractivity contribution in [1.82, 2.24) is 0 Å². The van der Waals surface area contributed by atoms with Crippen molar-refractivity contribution in [3.8, 4) is 5.75 Å². The van der Waals surface area contributed by atoms with E-state index >= 15 is 0 Å². The Morgan fingerprint density at radius 1 is 1.18 bits per heavy atom. The van der Waals surface area contributed by atoms with Gasteiger partial charge in [-0.25, -0.2) is 9.48 Å². The maximum atomic E-state index is 11.7. The second-order valence-corrected chi connectivity index (χ2v) is 7.29. The molecule has 7 nitrogen and oxygen atoms in total. The summed E-state index contributed by atoms with van der Waals surface area (Å²) in [4.78, 5) is 12.9. The predicted molar refractivity (Wildman–Crippen MR) is 106 cm³/mol. The van der Waals surface area contributed by atoms with E-state index in [4.69, 9.17) is 4.74 Å². The minimum Gasteiger partial charge on any atom is -0.497 e. The van der Waals surface area contributed by atoms with Gasteiger partial charge in [-0.05, 0) is 43.5 Å². The first-order valence-electron chi connectivity index (χ1n) is 9.55. The topological polar surface area (TPSA) is 78.9 Å². The molecule has 28 heavy (non-hydrogen) atoms. The van der Waals surface area contributed by atoms with E-state index < -0.39 is 10.6 Å². The lowest BCUT2D eigenvalue weighted by atomic mass is 10.0. The number of ether oxygens (including phenoxy) is 1. The fourth-order valence-electron chi connectivity index (χ4n) is 4.19. The number of nitrogens with zero attached hydrogens (tertiary/aromatic N) is 3. The molecule has 0 fully saturated rings. The van der Waals surface area contributed by atoms with Gasteiger partial charge in [0.05, 0.1) is 18.6 Å². The second kappa shape index (κ2) is 7.24. The fourth-order valence-corrected chi connectivity index (χ4v) is 4.19.